The summed E-state index contributed by atoms with van der Waals surface area (Å²) < 4.78 is 1.11. The molecule has 0 fully saturated rings. The van der Waals surface area contributed by atoms with E-state index in [0.717, 1.165) is 25.7 Å². The van der Waals surface area contributed by atoms with Gasteiger partial charge in [-0.15, -0.1) is 0 Å². The standard InChI is InChI=1S/2C23H27.C12H9Si.2ClH.Zr/c2*1-6-9-17-14-18-12-13-21(23(3,4)5)22(20(18)15-17)19-11-8-7-10-16(19)2;1-3-7-11-9(5-1)10-6-2-4-8-12(10)13-11;;;/h2*7-8,10-15H,6,9H2,1-5H3;1-7H,13H2;2*1H;/q;;;;;+2/p-2. The van der Waals surface area contributed by atoms with Crippen molar-refractivity contribution in [1.29, 1.82) is 0 Å². The number of rotatable bonds is 9. The fourth-order valence-electron chi connectivity index (χ4n) is 11.9. The molecule has 3 aliphatic rings. The van der Waals surface area contributed by atoms with E-state index in [-0.39, 0.29) is 18.1 Å². The number of allylic oxidation sites excluding steroid dienone is 2. The van der Waals surface area contributed by atoms with Crippen molar-refractivity contribution in [2.75, 3.05) is 0 Å². The second-order valence-electron chi connectivity index (χ2n) is 20.7. The Bertz CT molecular complexity index is 2700. The summed E-state index contributed by atoms with van der Waals surface area (Å²) in [5.74, 6) is 0. The molecule has 0 saturated carbocycles. The summed E-state index contributed by atoms with van der Waals surface area (Å²) in [7, 11) is 18.1. The molecule has 0 spiro atoms. The van der Waals surface area contributed by atoms with Crippen LogP contribution in [-0.4, -0.2) is 9.52 Å². The Morgan fingerprint density at radius 3 is 1.40 bits per heavy atom. The van der Waals surface area contributed by atoms with Crippen LogP contribution in [0.5, 0.6) is 0 Å². The first-order valence-corrected chi connectivity index (χ1v) is 35.0. The van der Waals surface area contributed by atoms with Gasteiger partial charge in [-0.1, -0.05) is 0 Å². The zero-order chi connectivity index (χ0) is 44.0. The van der Waals surface area contributed by atoms with Crippen LogP contribution < -0.4 is 13.6 Å². The summed E-state index contributed by atoms with van der Waals surface area (Å²) in [4.78, 5) is 0. The van der Waals surface area contributed by atoms with Crippen LogP contribution in [0.2, 0.25) is 0 Å². The minimum absolute atomic E-state index is 0.0702. The first-order valence-electron chi connectivity index (χ1n) is 23.1. The molecule has 2 unspecified atom stereocenters. The first-order chi connectivity index (χ1) is 29.5. The third-order valence-electron chi connectivity index (χ3n) is 14.5. The van der Waals surface area contributed by atoms with Gasteiger partial charge in [0.15, 0.2) is 0 Å². The van der Waals surface area contributed by atoms with E-state index in [1.807, 2.05) is 0 Å². The van der Waals surface area contributed by atoms with E-state index in [1.165, 1.54) is 103 Å². The van der Waals surface area contributed by atoms with Crippen LogP contribution in [0.1, 0.15) is 133 Å². The van der Waals surface area contributed by atoms with E-state index in [4.69, 9.17) is 0 Å². The minimum atomic E-state index is -5.72. The molecule has 0 N–H and O–H groups in total. The summed E-state index contributed by atoms with van der Waals surface area (Å²) in [5.41, 5.74) is 21.4. The molecule has 4 heteroatoms. The van der Waals surface area contributed by atoms with E-state index in [0.29, 0.717) is 0 Å². The van der Waals surface area contributed by atoms with Crippen LogP contribution in [0.3, 0.4) is 0 Å². The average molecular weight is 950 g/mol. The molecule has 9 rings (SSSR count). The fourth-order valence-corrected chi connectivity index (χ4v) is 39.9. The summed E-state index contributed by atoms with van der Waals surface area (Å²) in [6, 6.07) is 43.9. The van der Waals surface area contributed by atoms with Crippen molar-refractivity contribution in [3.63, 3.8) is 0 Å². The van der Waals surface area contributed by atoms with E-state index in [9.17, 15) is 17.0 Å². The van der Waals surface area contributed by atoms with Gasteiger partial charge < -0.3 is 0 Å². The molecular weight excluding hydrogens is 887 g/mol. The van der Waals surface area contributed by atoms with Gasteiger partial charge in [0.25, 0.3) is 0 Å². The Morgan fingerprint density at radius 1 is 0.516 bits per heavy atom. The van der Waals surface area contributed by atoms with Gasteiger partial charge >= 0.3 is 386 Å². The molecule has 0 saturated heterocycles. The van der Waals surface area contributed by atoms with Crippen LogP contribution in [0.25, 0.3) is 45.5 Å². The number of hydrogen-bond donors (Lipinski definition) is 0. The van der Waals surface area contributed by atoms with Gasteiger partial charge in [0.2, 0.25) is 0 Å². The van der Waals surface area contributed by atoms with Crippen LogP contribution in [0, 0.1) is 13.8 Å². The van der Waals surface area contributed by atoms with Crippen LogP contribution in [0.15, 0.2) is 126 Å². The van der Waals surface area contributed by atoms with Crippen LogP contribution in [0.4, 0.5) is 0 Å². The van der Waals surface area contributed by atoms with E-state index < -0.39 is 25.9 Å². The Kier molecular flexibility index (Phi) is 11.2. The van der Waals surface area contributed by atoms with Gasteiger partial charge in [-0.2, -0.15) is 0 Å². The molecule has 0 aromatic heterocycles. The summed E-state index contributed by atoms with van der Waals surface area (Å²) >= 11 is -5.72. The molecule has 6 aromatic carbocycles. The number of hydrogen-bond acceptors (Lipinski definition) is 0. The van der Waals surface area contributed by atoms with Gasteiger partial charge in [0.1, 0.15) is 0 Å². The van der Waals surface area contributed by atoms with E-state index in [2.05, 4.69) is 197 Å². The molecule has 1 heterocycles. The van der Waals surface area contributed by atoms with Gasteiger partial charge in [-0.25, -0.2) is 0 Å². The molecule has 0 nitrogen and oxygen atoms in total. The predicted molar refractivity (Wildman–Crippen MR) is 273 cm³/mol. The van der Waals surface area contributed by atoms with Gasteiger partial charge in [-0.05, 0) is 0 Å². The first kappa shape index (κ1) is 43.7. The Labute approximate surface area is 383 Å². The predicted octanol–water partition coefficient (Wildman–Crippen LogP) is 14.8. The second kappa shape index (κ2) is 15.9. The molecule has 2 atom stereocenters. The molecule has 1 aliphatic heterocycles. The zero-order valence-electron chi connectivity index (χ0n) is 38.6. The van der Waals surface area contributed by atoms with E-state index >= 15 is 0 Å². The third-order valence-corrected chi connectivity index (χ3v) is 37.3. The summed E-state index contributed by atoms with van der Waals surface area (Å²) in [6.45, 7) is 23.3. The summed E-state index contributed by atoms with van der Waals surface area (Å²) in [6.07, 6.45) is 9.12. The maximum absolute atomic E-state index is 9.51. The Balaban J connectivity index is 1.43. The number of benzene rings is 6. The topological polar surface area (TPSA) is 0 Å². The molecule has 6 aromatic rings. The molecule has 0 amide bonds. The zero-order valence-corrected chi connectivity index (χ0v) is 44.0. The summed E-state index contributed by atoms with van der Waals surface area (Å²) in [5, 5.41) is 2.98. The Hall–Kier alpha value is -3.52. The van der Waals surface area contributed by atoms with Crippen molar-refractivity contribution in [1.82, 2.24) is 0 Å². The van der Waals surface area contributed by atoms with Crippen LogP contribution in [-0.2, 0) is 27.2 Å². The monoisotopic (exact) mass is 947 g/mol. The number of halogens is 2. The molecule has 0 bridgehead atoms. The van der Waals surface area contributed by atoms with Crippen molar-refractivity contribution in [2.24, 2.45) is 0 Å². The van der Waals surface area contributed by atoms with Crippen LogP contribution >= 0.6 is 17.0 Å². The maximum atomic E-state index is 9.51. The van der Waals surface area contributed by atoms with E-state index in [1.54, 1.807) is 0 Å². The van der Waals surface area contributed by atoms with Gasteiger partial charge in [0.05, 0.1) is 0 Å². The average Bonchev–Trinajstić information content (AvgIpc) is 3.92. The number of fused-ring (bicyclic) bond motifs is 5. The SMILES string of the molecule is CCCC1=Cc2c(ccc(C(C)(C)C)c2-c2ccccc2C)[CH]1[Zr]([Cl])([Cl])([c]1cccc2c1[SiH2]c1ccccc1-2)[CH]1C(CCC)=Cc2c1ccc(C(C)(C)C)c2-c1ccccc1C. The van der Waals surface area contributed by atoms with Crippen molar-refractivity contribution in [3.05, 3.63) is 171 Å². The fraction of sp³-hybridized carbons (Fsp3) is 0.310. The third kappa shape index (κ3) is 6.84. The molecule has 0 radical (unpaired) electrons. The van der Waals surface area contributed by atoms with Crippen molar-refractivity contribution in [3.8, 4) is 33.4 Å². The van der Waals surface area contributed by atoms with Gasteiger partial charge in [0, 0.05) is 0 Å². The molecule has 62 heavy (non-hydrogen) atoms. The second-order valence-corrected chi connectivity index (χ2v) is 43.2. The molecular formula is C58H63Cl2SiZr. The Morgan fingerprint density at radius 2 is 0.952 bits per heavy atom. The van der Waals surface area contributed by atoms with Crippen molar-refractivity contribution < 1.29 is 16.4 Å². The molecule has 2 aliphatic carbocycles. The molecule has 317 valence electrons. The number of aryl methyl sites for hydroxylation is 2. The van der Waals surface area contributed by atoms with Crippen molar-refractivity contribution >= 4 is 52.3 Å². The quantitative estimate of drug-likeness (QED) is 0.127. The van der Waals surface area contributed by atoms with Gasteiger partial charge in [-0.3, -0.25) is 0 Å². The normalized spacial score (nSPS) is 17.8. The van der Waals surface area contributed by atoms with Crippen molar-refractivity contribution in [2.45, 2.75) is 113 Å².